The quantitative estimate of drug-likeness (QED) is 0.687. The highest BCUT2D eigenvalue weighted by atomic mass is 16.5. The summed E-state index contributed by atoms with van der Waals surface area (Å²) in [7, 11) is 0. The number of β-amino-alcohol motifs (C(OH)–C–C–N with tert-alkyl or cyclic N) is 1. The Morgan fingerprint density at radius 2 is 1.88 bits per heavy atom. The van der Waals surface area contributed by atoms with Crippen molar-refractivity contribution in [2.45, 2.75) is 32.8 Å². The molecule has 2 atom stereocenters. The first kappa shape index (κ1) is 19.5. The van der Waals surface area contributed by atoms with Crippen molar-refractivity contribution in [3.8, 4) is 11.5 Å². The molecule has 0 aliphatic carbocycles. The van der Waals surface area contributed by atoms with E-state index in [4.69, 9.17) is 14.2 Å². The van der Waals surface area contributed by atoms with E-state index >= 15 is 0 Å². The van der Waals surface area contributed by atoms with Gasteiger partial charge in [0.2, 0.25) is 0 Å². The number of aliphatic hydroxyl groups excluding tert-OH is 1. The first-order chi connectivity index (χ1) is 12.1. The molecule has 1 saturated heterocycles. The highest BCUT2D eigenvalue weighted by molar-refractivity contribution is 5.72. The zero-order chi connectivity index (χ0) is 18.1. The molecular formula is C19H29NO5. The summed E-state index contributed by atoms with van der Waals surface area (Å²) in [5, 5.41) is 10.2. The molecule has 0 saturated carbocycles. The molecule has 0 aromatic heterocycles. The van der Waals surface area contributed by atoms with Crippen molar-refractivity contribution < 1.29 is 24.1 Å². The van der Waals surface area contributed by atoms with Crippen molar-refractivity contribution in [3.63, 3.8) is 0 Å². The van der Waals surface area contributed by atoms with Gasteiger partial charge in [-0.2, -0.15) is 0 Å². The number of nitrogens with zero attached hydrogens (tertiary/aromatic N) is 1. The largest absolute Gasteiger partial charge is 0.494 e. The van der Waals surface area contributed by atoms with Gasteiger partial charge in [0.1, 0.15) is 24.2 Å². The van der Waals surface area contributed by atoms with Crippen LogP contribution in [0.2, 0.25) is 0 Å². The van der Waals surface area contributed by atoms with Gasteiger partial charge in [-0.15, -0.1) is 0 Å². The van der Waals surface area contributed by atoms with Crippen molar-refractivity contribution in [1.82, 2.24) is 4.90 Å². The van der Waals surface area contributed by atoms with Gasteiger partial charge >= 0.3 is 5.97 Å². The fraction of sp³-hybridized carbons (Fsp3) is 0.632. The van der Waals surface area contributed by atoms with Crippen LogP contribution in [0.15, 0.2) is 24.3 Å². The van der Waals surface area contributed by atoms with Crippen molar-refractivity contribution in [2.75, 3.05) is 39.5 Å². The van der Waals surface area contributed by atoms with Crippen molar-refractivity contribution in [2.24, 2.45) is 5.92 Å². The van der Waals surface area contributed by atoms with Crippen LogP contribution in [0.4, 0.5) is 0 Å². The number of esters is 1. The third kappa shape index (κ3) is 6.55. The van der Waals surface area contributed by atoms with Crippen LogP contribution in [-0.2, 0) is 9.53 Å². The summed E-state index contributed by atoms with van der Waals surface area (Å²) in [5.74, 6) is 1.28. The Kier molecular flexibility index (Phi) is 8.01. The molecule has 140 valence electrons. The molecule has 1 heterocycles. The number of benzene rings is 1. The maximum atomic E-state index is 11.9. The van der Waals surface area contributed by atoms with Gasteiger partial charge < -0.3 is 19.3 Å². The summed E-state index contributed by atoms with van der Waals surface area (Å²) in [4.78, 5) is 14.0. The molecule has 1 aromatic carbocycles. The summed E-state index contributed by atoms with van der Waals surface area (Å²) >= 11 is 0. The zero-order valence-corrected chi connectivity index (χ0v) is 15.1. The third-order valence-corrected chi connectivity index (χ3v) is 4.17. The van der Waals surface area contributed by atoms with E-state index in [1.165, 1.54) is 0 Å². The number of piperidine rings is 1. The van der Waals surface area contributed by atoms with Crippen LogP contribution in [0, 0.1) is 5.92 Å². The van der Waals surface area contributed by atoms with Gasteiger partial charge in [-0.3, -0.25) is 9.69 Å². The number of hydrogen-bond acceptors (Lipinski definition) is 6. The average molecular weight is 351 g/mol. The van der Waals surface area contributed by atoms with Crippen molar-refractivity contribution in [3.05, 3.63) is 24.3 Å². The number of aliphatic hydroxyl groups is 1. The second-order valence-electron chi connectivity index (χ2n) is 6.22. The van der Waals surface area contributed by atoms with E-state index in [1.807, 2.05) is 38.1 Å². The first-order valence-electron chi connectivity index (χ1n) is 9.05. The number of likely N-dealkylation sites (tertiary alicyclic amines) is 1. The molecule has 6 nitrogen and oxygen atoms in total. The SMILES string of the molecule is CCOC(=O)[C@@H]1CCCN(C[C@@H](O)COc2ccc(OCC)cc2)C1. The molecule has 0 bridgehead atoms. The molecule has 1 aliphatic heterocycles. The van der Waals surface area contributed by atoms with Crippen LogP contribution in [0.3, 0.4) is 0 Å². The minimum Gasteiger partial charge on any atom is -0.494 e. The molecule has 0 unspecified atom stereocenters. The number of ether oxygens (including phenoxy) is 3. The van der Waals surface area contributed by atoms with E-state index in [9.17, 15) is 9.90 Å². The number of hydrogen-bond donors (Lipinski definition) is 1. The second kappa shape index (κ2) is 10.3. The van der Waals surface area contributed by atoms with Crippen LogP contribution in [-0.4, -0.2) is 61.5 Å². The van der Waals surface area contributed by atoms with Gasteiger partial charge in [-0.05, 0) is 57.5 Å². The van der Waals surface area contributed by atoms with Gasteiger partial charge in [-0.25, -0.2) is 0 Å². The molecule has 1 aromatic rings. The minimum atomic E-state index is -0.604. The van der Waals surface area contributed by atoms with Crippen LogP contribution < -0.4 is 9.47 Å². The Hall–Kier alpha value is -1.79. The molecule has 0 spiro atoms. The van der Waals surface area contributed by atoms with Crippen LogP contribution in [0.1, 0.15) is 26.7 Å². The lowest BCUT2D eigenvalue weighted by atomic mass is 9.98. The predicted molar refractivity (Wildman–Crippen MR) is 94.9 cm³/mol. The van der Waals surface area contributed by atoms with Gasteiger partial charge in [0, 0.05) is 13.1 Å². The summed E-state index contributed by atoms with van der Waals surface area (Å²) < 4.78 is 16.1. The molecule has 6 heteroatoms. The Balaban J connectivity index is 1.73. The highest BCUT2D eigenvalue weighted by Crippen LogP contribution is 2.19. The topological polar surface area (TPSA) is 68.2 Å². The normalized spacial score (nSPS) is 19.2. The lowest BCUT2D eigenvalue weighted by Crippen LogP contribution is -2.44. The minimum absolute atomic E-state index is 0.0899. The van der Waals surface area contributed by atoms with Crippen LogP contribution >= 0.6 is 0 Å². The maximum absolute atomic E-state index is 11.9. The predicted octanol–water partition coefficient (Wildman–Crippen LogP) is 2.10. The van der Waals surface area contributed by atoms with E-state index < -0.39 is 6.10 Å². The first-order valence-corrected chi connectivity index (χ1v) is 9.05. The average Bonchev–Trinajstić information content (AvgIpc) is 2.62. The molecule has 25 heavy (non-hydrogen) atoms. The Labute approximate surface area is 149 Å². The molecule has 2 rings (SSSR count). The van der Waals surface area contributed by atoms with Gasteiger partial charge in [0.05, 0.1) is 19.1 Å². The van der Waals surface area contributed by atoms with Gasteiger partial charge in [-0.1, -0.05) is 0 Å². The number of carbonyl (C=O) groups is 1. The Bertz CT molecular complexity index is 519. The van der Waals surface area contributed by atoms with E-state index in [0.29, 0.717) is 32.1 Å². The molecular weight excluding hydrogens is 322 g/mol. The van der Waals surface area contributed by atoms with Crippen molar-refractivity contribution in [1.29, 1.82) is 0 Å². The third-order valence-electron chi connectivity index (χ3n) is 4.17. The smallest absolute Gasteiger partial charge is 0.310 e. The number of rotatable bonds is 9. The Morgan fingerprint density at radius 3 is 2.52 bits per heavy atom. The van der Waals surface area contributed by atoms with E-state index in [1.54, 1.807) is 0 Å². The summed E-state index contributed by atoms with van der Waals surface area (Å²) in [6, 6.07) is 7.35. The zero-order valence-electron chi connectivity index (χ0n) is 15.1. The van der Waals surface area contributed by atoms with Crippen LogP contribution in [0.25, 0.3) is 0 Å². The number of carbonyl (C=O) groups excluding carboxylic acids is 1. The molecule has 1 fully saturated rings. The van der Waals surface area contributed by atoms with Gasteiger partial charge in [0.15, 0.2) is 0 Å². The standard InChI is InChI=1S/C19H29NO5/c1-3-23-17-7-9-18(10-8-17)25-14-16(21)13-20-11-5-6-15(12-20)19(22)24-4-2/h7-10,15-16,21H,3-6,11-14H2,1-2H3/t15-,16-/m1/s1. The van der Waals surface area contributed by atoms with Gasteiger partial charge in [0.25, 0.3) is 0 Å². The molecule has 1 aliphatic rings. The molecule has 0 amide bonds. The Morgan fingerprint density at radius 1 is 1.20 bits per heavy atom. The second-order valence-corrected chi connectivity index (χ2v) is 6.22. The lowest BCUT2D eigenvalue weighted by Gasteiger charge is -2.32. The lowest BCUT2D eigenvalue weighted by molar-refractivity contribution is -0.150. The van der Waals surface area contributed by atoms with E-state index in [2.05, 4.69) is 4.90 Å². The monoisotopic (exact) mass is 351 g/mol. The van der Waals surface area contributed by atoms with E-state index in [-0.39, 0.29) is 18.5 Å². The summed E-state index contributed by atoms with van der Waals surface area (Å²) in [5.41, 5.74) is 0. The van der Waals surface area contributed by atoms with E-state index in [0.717, 1.165) is 25.1 Å². The fourth-order valence-electron chi connectivity index (χ4n) is 3.02. The maximum Gasteiger partial charge on any atom is 0.310 e. The summed E-state index contributed by atoms with van der Waals surface area (Å²) in [6.45, 7) is 7.03. The highest BCUT2D eigenvalue weighted by Gasteiger charge is 2.27. The fourth-order valence-corrected chi connectivity index (χ4v) is 3.02. The van der Waals surface area contributed by atoms with Crippen molar-refractivity contribution >= 4 is 5.97 Å². The molecule has 0 radical (unpaired) electrons. The van der Waals surface area contributed by atoms with Crippen LogP contribution in [0.5, 0.6) is 11.5 Å². The summed E-state index contributed by atoms with van der Waals surface area (Å²) in [6.07, 6.45) is 1.19. The molecule has 1 N–H and O–H groups in total.